The number of hydrogen-bond acceptors (Lipinski definition) is 20. The van der Waals surface area contributed by atoms with E-state index in [1.54, 1.807) is 83.1 Å². The lowest BCUT2D eigenvalue weighted by molar-refractivity contribution is -0.144. The van der Waals surface area contributed by atoms with Gasteiger partial charge in [-0.1, -0.05) is 89.5 Å². The number of likely N-dealkylation sites (tertiary alicyclic amines) is 1. The topological polar surface area (TPSA) is 611 Å². The molecule has 2 aromatic heterocycles. The zero-order chi connectivity index (χ0) is 82.1. The molecule has 0 unspecified atom stereocenters. The Balaban J connectivity index is 1.89. The number of unbranched alkanes of at least 4 members (excludes halogenated alkanes) is 1. The van der Waals surface area contributed by atoms with Gasteiger partial charge < -0.3 is 107 Å². The number of carbonyl (C=O) groups is 16. The van der Waals surface area contributed by atoms with Crippen LogP contribution in [0, 0.1) is 35.5 Å². The quantitative estimate of drug-likeness (QED) is 0.0299. The van der Waals surface area contributed by atoms with Crippen molar-refractivity contribution in [2.24, 2.45) is 58.4 Å². The van der Waals surface area contributed by atoms with Crippen LogP contribution in [0.3, 0.4) is 0 Å². The van der Waals surface area contributed by atoms with Gasteiger partial charge in [0.1, 0.15) is 72.5 Å². The van der Waals surface area contributed by atoms with Crippen LogP contribution in [-0.2, 0) is 89.6 Å². The number of nitrogens with one attached hydrogen (secondary N) is 13. The number of nitrogens with zero attached hydrogens (tertiary/aromatic N) is 3. The standard InChI is InChI=1S/C71H118N20O18/c1-35(2)24-46(82-63(100)47(25-36(3)4)85-68(105)57(39(9)10)89-61(98)45(19-21-56(94)95)80-59(96)43(73)16-13-14-22-72)62(99)83-48(26-37(5)6)66(103)90-58(40(11)12)69(106)86-49(28-41-31-76-33-78-41)64(101)84-50(30-55(75)93)65(102)87-51(27-38(7)8)70(107)91-23-15-17-53(91)67(104)81-44(18-20-54(74)92)60(97)88-52(71(108)109)29-42-32-77-34-79-42/h31-40,43-53,57-58H,13-30,72-73H2,1-12H3,(H2,74,92)(H2,75,93)(H,76,78)(H,77,79)(H,80,96)(H,81,104)(H,82,100)(H,83,99)(H,84,101)(H,85,105)(H,86,106)(H,87,102)(H,88,97)(H,89,98)(H,90,103)(H,94,95)(H,108,109)/t43-,44-,45-,46-,47-,48-,49-,50-,51-,52-,53-,57-,58-/m0/s1. The highest BCUT2D eigenvalue weighted by Gasteiger charge is 2.42. The third-order valence-electron chi connectivity index (χ3n) is 17.8. The molecule has 13 atom stereocenters. The van der Waals surface area contributed by atoms with Crippen LogP contribution in [0.5, 0.6) is 0 Å². The number of aromatic amines is 2. The molecule has 1 fully saturated rings. The molecule has 3 heterocycles. The third kappa shape index (κ3) is 33.1. The molecule has 0 aromatic carbocycles. The van der Waals surface area contributed by atoms with Gasteiger partial charge >= 0.3 is 11.9 Å². The first-order chi connectivity index (χ1) is 51.1. The van der Waals surface area contributed by atoms with Gasteiger partial charge in [0.05, 0.1) is 25.1 Å². The van der Waals surface area contributed by atoms with Crippen molar-refractivity contribution in [1.82, 2.24) is 83.3 Å². The van der Waals surface area contributed by atoms with Gasteiger partial charge in [-0.3, -0.25) is 71.9 Å². The Morgan fingerprint density at radius 1 is 0.459 bits per heavy atom. The number of imidazole rings is 2. The van der Waals surface area contributed by atoms with Crippen LogP contribution in [0.1, 0.15) is 184 Å². The molecule has 23 N–H and O–H groups in total. The first kappa shape index (κ1) is 93.1. The van der Waals surface area contributed by atoms with Gasteiger partial charge in [-0.05, 0) is 106 Å². The number of carboxylic acids is 2. The summed E-state index contributed by atoms with van der Waals surface area (Å²) >= 11 is 0. The number of amides is 14. The molecule has 14 amide bonds. The van der Waals surface area contributed by atoms with Gasteiger partial charge in [-0.2, -0.15) is 0 Å². The van der Waals surface area contributed by atoms with Crippen molar-refractivity contribution in [1.29, 1.82) is 0 Å². The summed E-state index contributed by atoms with van der Waals surface area (Å²) in [6.45, 7) is 20.9. The van der Waals surface area contributed by atoms with Crippen LogP contribution in [0.4, 0.5) is 0 Å². The Hall–Kier alpha value is -10.1. The van der Waals surface area contributed by atoms with E-state index in [0.717, 1.165) is 0 Å². The van der Waals surface area contributed by atoms with Gasteiger partial charge in [0, 0.05) is 56.0 Å². The summed E-state index contributed by atoms with van der Waals surface area (Å²) in [6.07, 6.45) is 4.06. The second kappa shape index (κ2) is 46.3. The number of aliphatic carboxylic acids is 2. The van der Waals surface area contributed by atoms with Crippen molar-refractivity contribution >= 4 is 94.6 Å². The average molecular weight is 1540 g/mol. The van der Waals surface area contributed by atoms with E-state index in [4.69, 9.17) is 22.9 Å². The molecule has 0 saturated carbocycles. The van der Waals surface area contributed by atoms with E-state index in [1.165, 1.54) is 29.9 Å². The first-order valence-corrected chi connectivity index (χ1v) is 37.2. The van der Waals surface area contributed by atoms with E-state index in [2.05, 4.69) is 78.4 Å². The highest BCUT2D eigenvalue weighted by molar-refractivity contribution is 6.01. The molecular weight excluding hydrogens is 1420 g/mol. The minimum Gasteiger partial charge on any atom is -0.481 e. The van der Waals surface area contributed by atoms with E-state index in [0.29, 0.717) is 30.8 Å². The molecule has 1 saturated heterocycles. The molecule has 610 valence electrons. The summed E-state index contributed by atoms with van der Waals surface area (Å²) in [6, 6.07) is -18.2. The van der Waals surface area contributed by atoms with Crippen molar-refractivity contribution < 1.29 is 86.9 Å². The van der Waals surface area contributed by atoms with Crippen molar-refractivity contribution in [3.8, 4) is 0 Å². The minimum absolute atomic E-state index is 0.00167. The Bertz CT molecular complexity index is 3390. The molecule has 38 nitrogen and oxygen atoms in total. The van der Waals surface area contributed by atoms with Crippen LogP contribution in [0.25, 0.3) is 0 Å². The van der Waals surface area contributed by atoms with Crippen molar-refractivity contribution in [2.45, 2.75) is 264 Å². The number of rotatable bonds is 50. The van der Waals surface area contributed by atoms with E-state index in [-0.39, 0.29) is 101 Å². The molecule has 0 aliphatic carbocycles. The molecular formula is C71H118N20O18. The number of carbonyl (C=O) groups excluding carboxylic acids is 14. The fourth-order valence-corrected chi connectivity index (χ4v) is 12.1. The maximum Gasteiger partial charge on any atom is 0.326 e. The average Bonchev–Trinajstić information content (AvgIpc) is 1.74. The normalized spacial score (nSPS) is 16.2. The second-order valence-corrected chi connectivity index (χ2v) is 30.1. The number of nitrogens with two attached hydrogens (primary N) is 4. The highest BCUT2D eigenvalue weighted by atomic mass is 16.4. The van der Waals surface area contributed by atoms with Crippen LogP contribution < -0.4 is 81.4 Å². The molecule has 38 heteroatoms. The zero-order valence-corrected chi connectivity index (χ0v) is 64.6. The number of aromatic nitrogens is 4. The van der Waals surface area contributed by atoms with Crippen LogP contribution in [0.2, 0.25) is 0 Å². The number of carboxylic acid groups (broad SMARTS) is 2. The second-order valence-electron chi connectivity index (χ2n) is 30.1. The fourth-order valence-electron chi connectivity index (χ4n) is 12.1. The smallest absolute Gasteiger partial charge is 0.326 e. The fraction of sp³-hybridized carbons (Fsp3) is 0.690. The Morgan fingerprint density at radius 2 is 0.844 bits per heavy atom. The molecule has 1 aliphatic rings. The molecule has 109 heavy (non-hydrogen) atoms. The van der Waals surface area contributed by atoms with E-state index >= 15 is 0 Å². The lowest BCUT2D eigenvalue weighted by atomic mass is 9.97. The Morgan fingerprint density at radius 3 is 1.28 bits per heavy atom. The molecule has 3 rings (SSSR count). The summed E-state index contributed by atoms with van der Waals surface area (Å²) in [4.78, 5) is 234. The molecule has 2 aromatic rings. The van der Waals surface area contributed by atoms with E-state index in [9.17, 15) is 86.9 Å². The zero-order valence-electron chi connectivity index (χ0n) is 64.6. The van der Waals surface area contributed by atoms with Crippen LogP contribution in [-0.4, -0.2) is 221 Å². The van der Waals surface area contributed by atoms with E-state index in [1.807, 2.05) is 0 Å². The maximum atomic E-state index is 14.7. The van der Waals surface area contributed by atoms with Gasteiger partial charge in [0.15, 0.2) is 0 Å². The summed E-state index contributed by atoms with van der Waals surface area (Å²) in [5.41, 5.74) is 23.4. The number of H-pyrrole nitrogens is 2. The van der Waals surface area contributed by atoms with Gasteiger partial charge in [0.2, 0.25) is 82.7 Å². The predicted molar refractivity (Wildman–Crippen MR) is 396 cm³/mol. The number of hydrogen-bond donors (Lipinski definition) is 19. The highest BCUT2D eigenvalue weighted by Crippen LogP contribution is 2.23. The van der Waals surface area contributed by atoms with Crippen molar-refractivity contribution in [3.63, 3.8) is 0 Å². The summed E-state index contributed by atoms with van der Waals surface area (Å²) in [5.74, 6) is -17.4. The Kier molecular flexibility index (Phi) is 39.5. The van der Waals surface area contributed by atoms with Gasteiger partial charge in [-0.25, -0.2) is 14.8 Å². The molecule has 0 spiro atoms. The largest absolute Gasteiger partial charge is 0.481 e. The van der Waals surface area contributed by atoms with Crippen LogP contribution >= 0.6 is 0 Å². The predicted octanol–water partition coefficient (Wildman–Crippen LogP) is -2.72. The molecule has 1 aliphatic heterocycles. The summed E-state index contributed by atoms with van der Waals surface area (Å²) in [7, 11) is 0. The Labute approximate surface area is 634 Å². The summed E-state index contributed by atoms with van der Waals surface area (Å²) in [5, 5.41) is 48.1. The number of primary amides is 2. The monoisotopic (exact) mass is 1540 g/mol. The molecule has 0 radical (unpaired) electrons. The summed E-state index contributed by atoms with van der Waals surface area (Å²) < 4.78 is 0. The van der Waals surface area contributed by atoms with Gasteiger partial charge in [0.25, 0.3) is 0 Å². The van der Waals surface area contributed by atoms with E-state index < -0.39 is 204 Å². The van der Waals surface area contributed by atoms with Crippen molar-refractivity contribution in [2.75, 3.05) is 13.1 Å². The first-order valence-electron chi connectivity index (χ1n) is 37.2. The van der Waals surface area contributed by atoms with Crippen LogP contribution in [0.15, 0.2) is 25.0 Å². The lowest BCUT2D eigenvalue weighted by Crippen LogP contribution is -2.62. The minimum atomic E-state index is -1.80. The van der Waals surface area contributed by atoms with Gasteiger partial charge in [-0.15, -0.1) is 0 Å². The third-order valence-corrected chi connectivity index (χ3v) is 17.8. The van der Waals surface area contributed by atoms with Crippen molar-refractivity contribution in [3.05, 3.63) is 36.4 Å². The molecule has 0 bridgehead atoms. The lowest BCUT2D eigenvalue weighted by Gasteiger charge is -2.31. The maximum absolute atomic E-state index is 14.7. The SMILES string of the molecule is CC(C)C[C@H](NC(=O)[C@H](CC(C)C)NC(=O)[C@@H](NC(=O)[C@H](CCC(=O)O)NC(=O)[C@@H](N)CCCCN)C(C)C)C(=O)N[C@@H](CC(C)C)C(=O)N[C@H](C(=O)N[C@@H](Cc1cnc[nH]1)C(=O)N[C@@H](CC(N)=O)C(=O)N[C@@H](CC(C)C)C(=O)N1CCC[C@H]1C(=O)N[C@@H](CCC(N)=O)C(=O)N[C@@H](Cc1cnc[nH]1)C(=O)O)C(C)C.